The summed E-state index contributed by atoms with van der Waals surface area (Å²) in [5.41, 5.74) is 0.388. The van der Waals surface area contributed by atoms with Crippen LogP contribution >= 0.6 is 0 Å². The van der Waals surface area contributed by atoms with Gasteiger partial charge in [-0.25, -0.2) is 9.37 Å². The Labute approximate surface area is 115 Å². The summed E-state index contributed by atoms with van der Waals surface area (Å²) in [6, 6.07) is 5.64. The van der Waals surface area contributed by atoms with Crippen LogP contribution in [0.5, 0.6) is 0 Å². The molecule has 0 spiro atoms. The molecule has 5 nitrogen and oxygen atoms in total. The molecule has 2 rings (SSSR count). The van der Waals surface area contributed by atoms with Crippen LogP contribution in [-0.2, 0) is 6.54 Å². The molecule has 0 bridgehead atoms. The fraction of sp³-hybridized carbons (Fsp3) is 0.214. The van der Waals surface area contributed by atoms with Gasteiger partial charge in [0.25, 0.3) is 11.5 Å². The average molecular weight is 275 g/mol. The van der Waals surface area contributed by atoms with Crippen molar-refractivity contribution in [1.29, 1.82) is 0 Å². The number of amides is 1. The van der Waals surface area contributed by atoms with Crippen LogP contribution in [0.2, 0.25) is 0 Å². The number of hydrogen-bond donors (Lipinski definition) is 0. The van der Waals surface area contributed by atoms with Gasteiger partial charge in [0.15, 0.2) is 0 Å². The summed E-state index contributed by atoms with van der Waals surface area (Å²) in [6.45, 7) is 0.208. The maximum absolute atomic E-state index is 13.9. The van der Waals surface area contributed by atoms with E-state index in [2.05, 4.69) is 4.98 Å². The first-order valence-electron chi connectivity index (χ1n) is 5.99. The van der Waals surface area contributed by atoms with Crippen molar-refractivity contribution < 1.29 is 9.18 Å². The van der Waals surface area contributed by atoms with Crippen LogP contribution in [0.25, 0.3) is 0 Å². The van der Waals surface area contributed by atoms with E-state index in [9.17, 15) is 14.0 Å². The second kappa shape index (κ2) is 5.64. The van der Waals surface area contributed by atoms with Gasteiger partial charge >= 0.3 is 0 Å². The zero-order valence-electron chi connectivity index (χ0n) is 11.2. The number of nitrogens with zero attached hydrogens (tertiary/aromatic N) is 3. The highest BCUT2D eigenvalue weighted by molar-refractivity contribution is 5.94. The first-order valence-corrected chi connectivity index (χ1v) is 5.99. The van der Waals surface area contributed by atoms with Gasteiger partial charge in [-0.15, -0.1) is 0 Å². The molecule has 0 atom stereocenters. The summed E-state index contributed by atoms with van der Waals surface area (Å²) in [7, 11) is 3.12. The normalized spacial score (nSPS) is 10.3. The third-order valence-corrected chi connectivity index (χ3v) is 2.82. The summed E-state index contributed by atoms with van der Waals surface area (Å²) in [6.07, 6.45) is 2.79. The molecular weight excluding hydrogens is 261 g/mol. The smallest absolute Gasteiger partial charge is 0.256 e. The topological polar surface area (TPSA) is 55.2 Å². The van der Waals surface area contributed by atoms with Crippen molar-refractivity contribution in [2.75, 3.05) is 14.1 Å². The summed E-state index contributed by atoms with van der Waals surface area (Å²) in [4.78, 5) is 28.4. The number of carbonyl (C=O) groups excluding carboxylic acids is 1. The van der Waals surface area contributed by atoms with Crippen LogP contribution < -0.4 is 5.56 Å². The molecule has 0 saturated heterocycles. The Morgan fingerprint density at radius 2 is 2.10 bits per heavy atom. The van der Waals surface area contributed by atoms with Crippen LogP contribution in [0.4, 0.5) is 4.39 Å². The van der Waals surface area contributed by atoms with Gasteiger partial charge < -0.3 is 4.90 Å². The van der Waals surface area contributed by atoms with Crippen molar-refractivity contribution in [3.8, 4) is 0 Å². The third-order valence-electron chi connectivity index (χ3n) is 2.82. The van der Waals surface area contributed by atoms with E-state index in [1.807, 2.05) is 0 Å². The molecule has 0 saturated carbocycles. The van der Waals surface area contributed by atoms with Crippen molar-refractivity contribution in [2.24, 2.45) is 0 Å². The van der Waals surface area contributed by atoms with Crippen molar-refractivity contribution in [2.45, 2.75) is 6.54 Å². The largest absolute Gasteiger partial charge is 0.345 e. The summed E-state index contributed by atoms with van der Waals surface area (Å²) in [5.74, 6) is -0.995. The molecule has 0 radical (unpaired) electrons. The van der Waals surface area contributed by atoms with Gasteiger partial charge in [0.1, 0.15) is 5.82 Å². The van der Waals surface area contributed by atoms with Crippen molar-refractivity contribution >= 4 is 5.91 Å². The van der Waals surface area contributed by atoms with Crippen LogP contribution in [0.1, 0.15) is 15.9 Å². The van der Waals surface area contributed by atoms with Crippen LogP contribution in [0.3, 0.4) is 0 Å². The van der Waals surface area contributed by atoms with E-state index in [1.54, 1.807) is 20.2 Å². The highest BCUT2D eigenvalue weighted by atomic mass is 19.1. The zero-order chi connectivity index (χ0) is 14.7. The molecule has 1 aromatic heterocycles. The number of rotatable bonds is 3. The molecule has 104 valence electrons. The molecule has 2 aromatic rings. The summed E-state index contributed by atoms with van der Waals surface area (Å²) >= 11 is 0. The van der Waals surface area contributed by atoms with E-state index in [0.717, 1.165) is 0 Å². The third kappa shape index (κ3) is 2.90. The second-order valence-corrected chi connectivity index (χ2v) is 4.56. The lowest BCUT2D eigenvalue weighted by atomic mass is 10.1. The van der Waals surface area contributed by atoms with Crippen LogP contribution in [0, 0.1) is 5.82 Å². The predicted molar refractivity (Wildman–Crippen MR) is 72.0 cm³/mol. The van der Waals surface area contributed by atoms with Gasteiger partial charge in [-0.1, -0.05) is 6.07 Å². The molecule has 1 aromatic carbocycles. The molecule has 0 aliphatic carbocycles. The summed E-state index contributed by atoms with van der Waals surface area (Å²) < 4.78 is 15.3. The molecular formula is C14H14FN3O2. The van der Waals surface area contributed by atoms with E-state index in [-0.39, 0.29) is 17.7 Å². The molecule has 0 N–H and O–H groups in total. The second-order valence-electron chi connectivity index (χ2n) is 4.56. The highest BCUT2D eigenvalue weighted by Gasteiger charge is 2.14. The lowest BCUT2D eigenvalue weighted by molar-refractivity contribution is 0.0823. The van der Waals surface area contributed by atoms with E-state index in [1.165, 1.54) is 40.2 Å². The number of halogens is 1. The van der Waals surface area contributed by atoms with E-state index < -0.39 is 11.7 Å². The Morgan fingerprint density at radius 3 is 2.70 bits per heavy atom. The van der Waals surface area contributed by atoms with Crippen molar-refractivity contribution in [3.63, 3.8) is 0 Å². The molecule has 6 heteroatoms. The Bertz CT molecular complexity index is 695. The quantitative estimate of drug-likeness (QED) is 0.844. The molecule has 20 heavy (non-hydrogen) atoms. The van der Waals surface area contributed by atoms with Gasteiger partial charge in [-0.2, -0.15) is 0 Å². The Kier molecular flexibility index (Phi) is 3.93. The van der Waals surface area contributed by atoms with Gasteiger partial charge in [-0.3, -0.25) is 14.2 Å². The fourth-order valence-corrected chi connectivity index (χ4v) is 1.77. The first-order chi connectivity index (χ1) is 9.49. The minimum absolute atomic E-state index is 0.0114. The fourth-order valence-electron chi connectivity index (χ4n) is 1.77. The Balaban J connectivity index is 2.28. The molecule has 0 fully saturated rings. The minimum Gasteiger partial charge on any atom is -0.345 e. The highest BCUT2D eigenvalue weighted by Crippen LogP contribution is 2.12. The van der Waals surface area contributed by atoms with Gasteiger partial charge in [0, 0.05) is 26.4 Å². The Hall–Kier alpha value is -2.50. The lowest BCUT2D eigenvalue weighted by Crippen LogP contribution is -2.23. The number of hydrogen-bond acceptors (Lipinski definition) is 3. The van der Waals surface area contributed by atoms with Crippen molar-refractivity contribution in [3.05, 3.63) is 64.1 Å². The molecule has 0 unspecified atom stereocenters. The Morgan fingerprint density at radius 1 is 1.35 bits per heavy atom. The molecule has 0 aliphatic heterocycles. The molecule has 1 heterocycles. The zero-order valence-corrected chi connectivity index (χ0v) is 11.2. The van der Waals surface area contributed by atoms with E-state index in [0.29, 0.717) is 5.56 Å². The number of aromatic nitrogens is 2. The monoisotopic (exact) mass is 275 g/mol. The van der Waals surface area contributed by atoms with Gasteiger partial charge in [-0.05, 0) is 17.7 Å². The first kappa shape index (κ1) is 13.9. The van der Waals surface area contributed by atoms with Gasteiger partial charge in [0.2, 0.25) is 0 Å². The minimum atomic E-state index is -0.599. The summed E-state index contributed by atoms with van der Waals surface area (Å²) in [5, 5.41) is 0. The van der Waals surface area contributed by atoms with Gasteiger partial charge in [0.05, 0.1) is 18.4 Å². The lowest BCUT2D eigenvalue weighted by Gasteiger charge is -2.12. The maximum Gasteiger partial charge on any atom is 0.256 e. The number of carbonyl (C=O) groups is 1. The van der Waals surface area contributed by atoms with E-state index >= 15 is 0 Å². The molecule has 1 amide bonds. The van der Waals surface area contributed by atoms with Crippen LogP contribution in [0.15, 0.2) is 41.6 Å². The SMILES string of the molecule is CN(C)C(=O)c1ccc(Cn2cnccc2=O)cc1F. The standard InChI is InChI=1S/C14H14FN3O2/c1-17(2)14(20)11-4-3-10(7-12(11)15)8-18-9-16-6-5-13(18)19/h3-7,9H,8H2,1-2H3. The van der Waals surface area contributed by atoms with Crippen LogP contribution in [-0.4, -0.2) is 34.5 Å². The number of benzene rings is 1. The maximum atomic E-state index is 13.9. The average Bonchev–Trinajstić information content (AvgIpc) is 2.41. The molecule has 0 aliphatic rings. The van der Waals surface area contributed by atoms with Crippen molar-refractivity contribution in [1.82, 2.24) is 14.5 Å². The van der Waals surface area contributed by atoms with E-state index in [4.69, 9.17) is 0 Å². The predicted octanol–water partition coefficient (Wildman–Crippen LogP) is 1.13.